The Kier molecular flexibility index (Phi) is 4.81. The molecule has 0 bridgehead atoms. The van der Waals surface area contributed by atoms with E-state index in [1.165, 1.54) is 0 Å². The summed E-state index contributed by atoms with van der Waals surface area (Å²) >= 11 is 0. The van der Waals surface area contributed by atoms with Crippen LogP contribution in [-0.2, 0) is 30.0 Å². The van der Waals surface area contributed by atoms with Crippen molar-refractivity contribution in [1.29, 1.82) is 0 Å². The number of nitrogens with zero attached hydrogens (tertiary/aromatic N) is 2. The molecule has 7 nitrogen and oxygen atoms in total. The number of hydrogen-bond donors (Lipinski definition) is 2. The lowest BCUT2D eigenvalue weighted by atomic mass is 10.4. The van der Waals surface area contributed by atoms with E-state index in [9.17, 15) is 8.42 Å². The van der Waals surface area contributed by atoms with Gasteiger partial charge in [-0.15, -0.1) is 0 Å². The first-order valence-electron chi connectivity index (χ1n) is 6.64. The molecule has 0 unspecified atom stereocenters. The maximum atomic E-state index is 12.3. The molecule has 0 saturated heterocycles. The third-order valence-corrected chi connectivity index (χ3v) is 4.69. The average molecular weight is 312 g/mol. The van der Waals surface area contributed by atoms with Gasteiger partial charge < -0.3 is 14.3 Å². The van der Waals surface area contributed by atoms with Gasteiger partial charge in [-0.25, -0.2) is 18.1 Å². The number of nitrogens with one attached hydrogen (secondary N) is 2. The molecule has 0 spiro atoms. The van der Waals surface area contributed by atoms with Gasteiger partial charge in [0, 0.05) is 38.5 Å². The monoisotopic (exact) mass is 312 g/mol. The SMILES string of the molecule is CNCc1cc(S(=O)(=O)NCCc2nccn2C)c(C)o1. The van der Waals surface area contributed by atoms with Crippen LogP contribution in [0.25, 0.3) is 0 Å². The molecule has 21 heavy (non-hydrogen) atoms. The summed E-state index contributed by atoms with van der Waals surface area (Å²) in [6, 6.07) is 1.55. The van der Waals surface area contributed by atoms with Crippen molar-refractivity contribution in [3.8, 4) is 0 Å². The molecule has 8 heteroatoms. The minimum atomic E-state index is -3.56. The molecule has 0 amide bonds. The molecular formula is C13H20N4O3S. The van der Waals surface area contributed by atoms with Gasteiger partial charge in [0.2, 0.25) is 10.0 Å². The second-order valence-electron chi connectivity index (χ2n) is 4.77. The molecule has 0 fully saturated rings. The molecule has 0 atom stereocenters. The summed E-state index contributed by atoms with van der Waals surface area (Å²) in [5.74, 6) is 1.82. The van der Waals surface area contributed by atoms with Gasteiger partial charge in [-0.3, -0.25) is 0 Å². The van der Waals surface area contributed by atoms with Crippen LogP contribution in [0.2, 0.25) is 0 Å². The number of imidazole rings is 1. The number of aryl methyl sites for hydroxylation is 2. The number of aromatic nitrogens is 2. The first kappa shape index (κ1) is 15.7. The smallest absolute Gasteiger partial charge is 0.244 e. The van der Waals surface area contributed by atoms with E-state index in [2.05, 4.69) is 15.0 Å². The van der Waals surface area contributed by atoms with Crippen molar-refractivity contribution < 1.29 is 12.8 Å². The predicted molar refractivity (Wildman–Crippen MR) is 78.3 cm³/mol. The highest BCUT2D eigenvalue weighted by atomic mass is 32.2. The minimum Gasteiger partial charge on any atom is -0.464 e. The van der Waals surface area contributed by atoms with Crippen LogP contribution in [0.3, 0.4) is 0 Å². The van der Waals surface area contributed by atoms with Gasteiger partial charge in [0.25, 0.3) is 0 Å². The fourth-order valence-electron chi connectivity index (χ4n) is 2.06. The Balaban J connectivity index is 2.03. The van der Waals surface area contributed by atoms with Crippen LogP contribution in [0.5, 0.6) is 0 Å². The highest BCUT2D eigenvalue weighted by molar-refractivity contribution is 7.89. The Labute approximate surface area is 124 Å². The molecule has 0 saturated carbocycles. The van der Waals surface area contributed by atoms with Gasteiger partial charge in [-0.1, -0.05) is 0 Å². The van der Waals surface area contributed by atoms with Crippen molar-refractivity contribution in [2.24, 2.45) is 7.05 Å². The van der Waals surface area contributed by atoms with Gasteiger partial charge in [0.1, 0.15) is 22.2 Å². The summed E-state index contributed by atoms with van der Waals surface area (Å²) < 4.78 is 34.4. The van der Waals surface area contributed by atoms with Crippen LogP contribution in [0.1, 0.15) is 17.3 Å². The van der Waals surface area contributed by atoms with Crippen LogP contribution < -0.4 is 10.0 Å². The summed E-state index contributed by atoms with van der Waals surface area (Å²) in [4.78, 5) is 4.34. The van der Waals surface area contributed by atoms with Gasteiger partial charge in [0.05, 0.1) is 6.54 Å². The fraction of sp³-hybridized carbons (Fsp3) is 0.462. The summed E-state index contributed by atoms with van der Waals surface area (Å²) in [6.45, 7) is 2.43. The summed E-state index contributed by atoms with van der Waals surface area (Å²) in [6.07, 6.45) is 4.05. The first-order chi connectivity index (χ1) is 9.94. The Bertz CT molecular complexity index is 703. The van der Waals surface area contributed by atoms with E-state index in [1.807, 2.05) is 17.8 Å². The second-order valence-corrected chi connectivity index (χ2v) is 6.50. The quantitative estimate of drug-likeness (QED) is 0.780. The molecule has 0 aliphatic heterocycles. The maximum absolute atomic E-state index is 12.3. The largest absolute Gasteiger partial charge is 0.464 e. The lowest BCUT2D eigenvalue weighted by molar-refractivity contribution is 0.465. The number of furan rings is 1. The van der Waals surface area contributed by atoms with Crippen molar-refractivity contribution in [3.63, 3.8) is 0 Å². The summed E-state index contributed by atoms with van der Waals surface area (Å²) in [5, 5.41) is 2.92. The molecule has 2 heterocycles. The number of rotatable bonds is 7. The fourth-order valence-corrected chi connectivity index (χ4v) is 3.30. The van der Waals surface area contributed by atoms with Crippen LogP contribution >= 0.6 is 0 Å². The Morgan fingerprint density at radius 2 is 2.19 bits per heavy atom. The number of sulfonamides is 1. The van der Waals surface area contributed by atoms with Crippen LogP contribution in [0.15, 0.2) is 27.8 Å². The highest BCUT2D eigenvalue weighted by Crippen LogP contribution is 2.19. The second kappa shape index (κ2) is 6.42. The molecule has 0 aromatic carbocycles. The molecule has 0 aliphatic carbocycles. The normalized spacial score (nSPS) is 12.0. The van der Waals surface area contributed by atoms with E-state index in [4.69, 9.17) is 4.42 Å². The van der Waals surface area contributed by atoms with Gasteiger partial charge >= 0.3 is 0 Å². The minimum absolute atomic E-state index is 0.188. The topological polar surface area (TPSA) is 89.2 Å². The molecule has 2 aromatic rings. The molecule has 2 N–H and O–H groups in total. The molecular weight excluding hydrogens is 292 g/mol. The van der Waals surface area contributed by atoms with E-state index >= 15 is 0 Å². The van der Waals surface area contributed by atoms with E-state index < -0.39 is 10.0 Å². The zero-order valence-corrected chi connectivity index (χ0v) is 13.2. The average Bonchev–Trinajstić information content (AvgIpc) is 2.97. The van der Waals surface area contributed by atoms with Crippen LogP contribution in [0.4, 0.5) is 0 Å². The molecule has 2 aromatic heterocycles. The Hall–Kier alpha value is -1.64. The molecule has 0 radical (unpaired) electrons. The lowest BCUT2D eigenvalue weighted by Crippen LogP contribution is -2.26. The lowest BCUT2D eigenvalue weighted by Gasteiger charge is -2.05. The van der Waals surface area contributed by atoms with Crippen molar-refractivity contribution in [3.05, 3.63) is 35.8 Å². The van der Waals surface area contributed by atoms with E-state index in [0.29, 0.717) is 31.0 Å². The Morgan fingerprint density at radius 3 is 2.81 bits per heavy atom. The van der Waals surface area contributed by atoms with E-state index in [-0.39, 0.29) is 4.90 Å². The zero-order chi connectivity index (χ0) is 15.5. The molecule has 2 rings (SSSR count). The molecule has 116 valence electrons. The standard InChI is InChI=1S/C13H20N4O3S/c1-10-12(8-11(20-10)9-14-2)21(18,19)16-5-4-13-15-6-7-17(13)3/h6-8,14,16H,4-5,9H2,1-3H3. The van der Waals surface area contributed by atoms with Gasteiger partial charge in [-0.05, 0) is 14.0 Å². The van der Waals surface area contributed by atoms with Crippen molar-refractivity contribution in [2.45, 2.75) is 24.8 Å². The first-order valence-corrected chi connectivity index (χ1v) is 8.12. The summed E-state index contributed by atoms with van der Waals surface area (Å²) in [7, 11) is 0.0879. The highest BCUT2D eigenvalue weighted by Gasteiger charge is 2.21. The number of hydrogen-bond acceptors (Lipinski definition) is 5. The summed E-state index contributed by atoms with van der Waals surface area (Å²) in [5.41, 5.74) is 0. The Morgan fingerprint density at radius 1 is 1.43 bits per heavy atom. The van der Waals surface area contributed by atoms with Crippen LogP contribution in [-0.4, -0.2) is 31.6 Å². The van der Waals surface area contributed by atoms with Gasteiger partial charge in [-0.2, -0.15) is 0 Å². The van der Waals surface area contributed by atoms with Crippen LogP contribution in [0, 0.1) is 6.92 Å². The zero-order valence-electron chi connectivity index (χ0n) is 12.4. The van der Waals surface area contributed by atoms with E-state index in [0.717, 1.165) is 5.82 Å². The van der Waals surface area contributed by atoms with Crippen molar-refractivity contribution in [1.82, 2.24) is 19.6 Å². The third-order valence-electron chi connectivity index (χ3n) is 3.13. The molecule has 0 aliphatic rings. The predicted octanol–water partition coefficient (Wildman–Crippen LogP) is 0.562. The van der Waals surface area contributed by atoms with Crippen molar-refractivity contribution in [2.75, 3.05) is 13.6 Å². The van der Waals surface area contributed by atoms with Crippen molar-refractivity contribution >= 4 is 10.0 Å². The van der Waals surface area contributed by atoms with Gasteiger partial charge in [0.15, 0.2) is 0 Å². The van der Waals surface area contributed by atoms with E-state index in [1.54, 1.807) is 26.2 Å². The third kappa shape index (κ3) is 3.72. The maximum Gasteiger partial charge on any atom is 0.244 e.